The van der Waals surface area contributed by atoms with Crippen molar-refractivity contribution in [3.8, 4) is 17.6 Å². The van der Waals surface area contributed by atoms with Crippen molar-refractivity contribution >= 4 is 6.29 Å². The highest BCUT2D eigenvalue weighted by molar-refractivity contribution is 5.74. The second-order valence-electron chi connectivity index (χ2n) is 2.12. The summed E-state index contributed by atoms with van der Waals surface area (Å²) < 4.78 is 4.98. The van der Waals surface area contributed by atoms with Crippen LogP contribution in [0, 0.1) is 11.8 Å². The summed E-state index contributed by atoms with van der Waals surface area (Å²) in [7, 11) is 1.59. The third-order valence-corrected chi connectivity index (χ3v) is 1.35. The number of benzene rings is 1. The van der Waals surface area contributed by atoms with Gasteiger partial charge in [0.1, 0.15) is 5.75 Å². The van der Waals surface area contributed by atoms with Crippen molar-refractivity contribution < 1.29 is 9.53 Å². The lowest BCUT2D eigenvalue weighted by atomic mass is 10.2. The van der Waals surface area contributed by atoms with Crippen molar-refractivity contribution in [2.45, 2.75) is 0 Å². The summed E-state index contributed by atoms with van der Waals surface area (Å²) in [5, 5.41) is 0. The summed E-state index contributed by atoms with van der Waals surface area (Å²) in [5.74, 6) is 5.74. The minimum absolute atomic E-state index is 0.569. The summed E-state index contributed by atoms with van der Waals surface area (Å²) in [4.78, 5) is 9.93. The molecule has 0 radical (unpaired) electrons. The third kappa shape index (κ3) is 2.14. The van der Waals surface area contributed by atoms with Gasteiger partial charge in [0.2, 0.25) is 0 Å². The lowest BCUT2D eigenvalue weighted by Crippen LogP contribution is -1.82. The zero-order valence-corrected chi connectivity index (χ0v) is 6.70. The summed E-state index contributed by atoms with van der Waals surface area (Å²) in [5.41, 5.74) is 0.779. The van der Waals surface area contributed by atoms with Crippen LogP contribution in [0.25, 0.3) is 0 Å². The molecule has 0 bridgehead atoms. The Morgan fingerprint density at radius 1 is 1.50 bits per heavy atom. The highest BCUT2D eigenvalue weighted by atomic mass is 16.5. The number of methoxy groups -OCH3 is 1. The Hall–Kier alpha value is -1.75. The van der Waals surface area contributed by atoms with Crippen molar-refractivity contribution in [1.29, 1.82) is 0 Å². The molecule has 0 saturated heterocycles. The molecule has 2 nitrogen and oxygen atoms in total. The van der Waals surface area contributed by atoms with E-state index in [-0.39, 0.29) is 0 Å². The number of hydrogen-bond donors (Lipinski definition) is 0. The van der Waals surface area contributed by atoms with Crippen LogP contribution >= 0.6 is 0 Å². The standard InChI is InChI=1S/C10H8O2/c1-12-10-6-2-4-9(8-10)5-3-7-11/h2,4,6-8H,1H3. The average Bonchev–Trinajstić information content (AvgIpc) is 2.15. The zero-order valence-electron chi connectivity index (χ0n) is 6.70. The van der Waals surface area contributed by atoms with Gasteiger partial charge >= 0.3 is 0 Å². The molecule has 0 aliphatic heterocycles. The lowest BCUT2D eigenvalue weighted by molar-refractivity contribution is -0.103. The van der Waals surface area contributed by atoms with Crippen molar-refractivity contribution in [2.24, 2.45) is 0 Å². The first-order chi connectivity index (χ1) is 5.86. The molecule has 0 fully saturated rings. The smallest absolute Gasteiger partial charge is 0.193 e. The maximum atomic E-state index is 9.93. The molecule has 12 heavy (non-hydrogen) atoms. The van der Waals surface area contributed by atoms with Gasteiger partial charge in [-0.1, -0.05) is 12.0 Å². The number of aldehydes is 1. The van der Waals surface area contributed by atoms with Gasteiger partial charge in [0, 0.05) is 5.56 Å². The third-order valence-electron chi connectivity index (χ3n) is 1.35. The van der Waals surface area contributed by atoms with E-state index in [1.165, 1.54) is 0 Å². The molecular weight excluding hydrogens is 152 g/mol. The van der Waals surface area contributed by atoms with E-state index in [2.05, 4.69) is 11.8 Å². The van der Waals surface area contributed by atoms with Gasteiger partial charge in [-0.2, -0.15) is 0 Å². The maximum Gasteiger partial charge on any atom is 0.193 e. The van der Waals surface area contributed by atoms with E-state index >= 15 is 0 Å². The molecule has 0 heterocycles. The fourth-order valence-corrected chi connectivity index (χ4v) is 0.814. The van der Waals surface area contributed by atoms with Gasteiger partial charge < -0.3 is 4.74 Å². The van der Waals surface area contributed by atoms with Crippen LogP contribution in [-0.2, 0) is 4.79 Å². The highest BCUT2D eigenvalue weighted by Crippen LogP contribution is 2.10. The molecule has 1 rings (SSSR count). The zero-order chi connectivity index (χ0) is 8.81. The van der Waals surface area contributed by atoms with Crippen molar-refractivity contribution in [3.05, 3.63) is 29.8 Å². The Morgan fingerprint density at radius 2 is 2.33 bits per heavy atom. The van der Waals surface area contributed by atoms with Gasteiger partial charge in [-0.25, -0.2) is 0 Å². The Labute approximate surface area is 71.2 Å². The quantitative estimate of drug-likeness (QED) is 0.456. The molecule has 0 N–H and O–H groups in total. The fraction of sp³-hybridized carbons (Fsp3) is 0.100. The lowest BCUT2D eigenvalue weighted by Gasteiger charge is -1.97. The van der Waals surface area contributed by atoms with Crippen LogP contribution in [-0.4, -0.2) is 13.4 Å². The summed E-state index contributed by atoms with van der Waals surface area (Å²) in [6.07, 6.45) is 0.569. The molecule has 0 aromatic heterocycles. The summed E-state index contributed by atoms with van der Waals surface area (Å²) in [6, 6.07) is 7.25. The molecule has 1 aromatic carbocycles. The molecule has 0 aliphatic rings. The van der Waals surface area contributed by atoms with Gasteiger partial charge in [0.25, 0.3) is 0 Å². The average molecular weight is 160 g/mol. The van der Waals surface area contributed by atoms with Crippen LogP contribution in [0.2, 0.25) is 0 Å². The molecule has 0 spiro atoms. The minimum Gasteiger partial charge on any atom is -0.497 e. The first kappa shape index (κ1) is 8.35. The number of rotatable bonds is 1. The van der Waals surface area contributed by atoms with Crippen LogP contribution < -0.4 is 4.74 Å². The van der Waals surface area contributed by atoms with Crippen LogP contribution in [0.4, 0.5) is 0 Å². The van der Waals surface area contributed by atoms with E-state index in [0.717, 1.165) is 11.3 Å². The molecule has 0 atom stereocenters. The van der Waals surface area contributed by atoms with E-state index in [0.29, 0.717) is 6.29 Å². The molecule has 0 unspecified atom stereocenters. The molecule has 0 saturated carbocycles. The maximum absolute atomic E-state index is 9.93. The van der Waals surface area contributed by atoms with E-state index < -0.39 is 0 Å². The van der Waals surface area contributed by atoms with Crippen molar-refractivity contribution in [1.82, 2.24) is 0 Å². The van der Waals surface area contributed by atoms with Gasteiger partial charge in [-0.15, -0.1) is 0 Å². The first-order valence-corrected chi connectivity index (χ1v) is 3.46. The van der Waals surface area contributed by atoms with Crippen molar-refractivity contribution in [2.75, 3.05) is 7.11 Å². The molecular formula is C10H8O2. The Kier molecular flexibility index (Phi) is 2.92. The van der Waals surface area contributed by atoms with E-state index in [9.17, 15) is 4.79 Å². The molecule has 60 valence electrons. The molecule has 0 aliphatic carbocycles. The molecule has 1 aromatic rings. The Balaban J connectivity index is 2.93. The fourth-order valence-electron chi connectivity index (χ4n) is 0.814. The predicted octanol–water partition coefficient (Wildman–Crippen LogP) is 1.25. The normalized spacial score (nSPS) is 8.08. The van der Waals surface area contributed by atoms with Crippen LogP contribution in [0.3, 0.4) is 0 Å². The number of ether oxygens (including phenoxy) is 1. The summed E-state index contributed by atoms with van der Waals surface area (Å²) in [6.45, 7) is 0. The topological polar surface area (TPSA) is 26.3 Å². The molecule has 2 heteroatoms. The van der Waals surface area contributed by atoms with E-state index in [1.807, 2.05) is 18.2 Å². The van der Waals surface area contributed by atoms with E-state index in [4.69, 9.17) is 4.74 Å². The number of carbonyl (C=O) groups is 1. The summed E-state index contributed by atoms with van der Waals surface area (Å²) >= 11 is 0. The Bertz CT molecular complexity index is 331. The second-order valence-corrected chi connectivity index (χ2v) is 2.12. The number of carbonyl (C=O) groups excluding carboxylic acids is 1. The monoisotopic (exact) mass is 160 g/mol. The number of hydrogen-bond acceptors (Lipinski definition) is 2. The van der Waals surface area contributed by atoms with Gasteiger partial charge in [-0.3, -0.25) is 4.79 Å². The van der Waals surface area contributed by atoms with Gasteiger partial charge in [0.05, 0.1) is 7.11 Å². The van der Waals surface area contributed by atoms with Gasteiger partial charge in [0.15, 0.2) is 6.29 Å². The van der Waals surface area contributed by atoms with Crippen LogP contribution in [0.15, 0.2) is 24.3 Å². The first-order valence-electron chi connectivity index (χ1n) is 3.46. The SMILES string of the molecule is COc1cccc(C#CC=O)c1. The van der Waals surface area contributed by atoms with Crippen LogP contribution in [0.5, 0.6) is 5.75 Å². The second kappa shape index (κ2) is 4.20. The Morgan fingerprint density at radius 3 is 3.00 bits per heavy atom. The highest BCUT2D eigenvalue weighted by Gasteiger charge is 1.90. The van der Waals surface area contributed by atoms with E-state index in [1.54, 1.807) is 13.2 Å². The van der Waals surface area contributed by atoms with Crippen molar-refractivity contribution in [3.63, 3.8) is 0 Å². The van der Waals surface area contributed by atoms with Crippen LogP contribution in [0.1, 0.15) is 5.56 Å². The largest absolute Gasteiger partial charge is 0.497 e. The minimum atomic E-state index is 0.569. The predicted molar refractivity (Wildman–Crippen MR) is 45.9 cm³/mol. The van der Waals surface area contributed by atoms with Gasteiger partial charge in [-0.05, 0) is 24.1 Å². The molecule has 0 amide bonds.